The van der Waals surface area contributed by atoms with Crippen molar-refractivity contribution in [3.8, 4) is 0 Å². The van der Waals surface area contributed by atoms with Gasteiger partial charge in [-0.1, -0.05) is 0 Å². The lowest BCUT2D eigenvalue weighted by Gasteiger charge is -2.29. The Hall–Kier alpha value is -0.610. The molecule has 1 amide bonds. The molecule has 0 aromatic heterocycles. The maximum absolute atomic E-state index is 11.8. The molecule has 14 heavy (non-hydrogen) atoms. The molecule has 0 aromatic carbocycles. The van der Waals surface area contributed by atoms with Gasteiger partial charge in [-0.15, -0.1) is 0 Å². The maximum atomic E-state index is 11.8. The van der Waals surface area contributed by atoms with Gasteiger partial charge in [0, 0.05) is 13.1 Å². The van der Waals surface area contributed by atoms with E-state index in [4.69, 9.17) is 11.5 Å². The molecule has 1 rings (SSSR count). The minimum Gasteiger partial charge on any atom is -0.341 e. The lowest BCUT2D eigenvalue weighted by Crippen LogP contribution is -2.46. The molecule has 4 nitrogen and oxygen atoms in total. The van der Waals surface area contributed by atoms with Gasteiger partial charge in [-0.2, -0.15) is 0 Å². The second-order valence-corrected chi connectivity index (χ2v) is 3.92. The summed E-state index contributed by atoms with van der Waals surface area (Å²) in [4.78, 5) is 13.7. The quantitative estimate of drug-likeness (QED) is 0.672. The number of amides is 1. The van der Waals surface area contributed by atoms with Crippen molar-refractivity contribution in [3.05, 3.63) is 0 Å². The molecule has 1 fully saturated rings. The van der Waals surface area contributed by atoms with Gasteiger partial charge < -0.3 is 16.4 Å². The Kier molecular flexibility index (Phi) is 4.90. The van der Waals surface area contributed by atoms with Crippen molar-refractivity contribution in [2.24, 2.45) is 11.5 Å². The van der Waals surface area contributed by atoms with Crippen LogP contribution >= 0.6 is 0 Å². The number of nitrogens with zero attached hydrogens (tertiary/aromatic N) is 1. The van der Waals surface area contributed by atoms with E-state index in [2.05, 4.69) is 0 Å². The third kappa shape index (κ3) is 3.27. The zero-order valence-corrected chi connectivity index (χ0v) is 8.74. The number of carbonyl (C=O) groups is 1. The zero-order valence-electron chi connectivity index (χ0n) is 8.74. The third-order valence-corrected chi connectivity index (χ3v) is 2.70. The Balaban J connectivity index is 2.30. The van der Waals surface area contributed by atoms with E-state index in [1.807, 2.05) is 4.90 Å². The molecule has 1 aliphatic heterocycles. The molecule has 0 spiro atoms. The molecule has 82 valence electrons. The molecule has 0 bridgehead atoms. The molecule has 1 heterocycles. The highest BCUT2D eigenvalue weighted by atomic mass is 16.2. The van der Waals surface area contributed by atoms with Gasteiger partial charge in [0.2, 0.25) is 5.91 Å². The predicted octanol–water partition coefficient (Wildman–Crippen LogP) is 0.0651. The van der Waals surface area contributed by atoms with E-state index in [1.165, 1.54) is 6.42 Å². The number of hydrogen-bond acceptors (Lipinski definition) is 3. The van der Waals surface area contributed by atoms with E-state index in [9.17, 15) is 4.79 Å². The first-order chi connectivity index (χ1) is 6.75. The molecular weight excluding hydrogens is 178 g/mol. The molecule has 0 aromatic rings. The van der Waals surface area contributed by atoms with E-state index in [0.29, 0.717) is 13.0 Å². The van der Waals surface area contributed by atoms with Crippen LogP contribution in [-0.2, 0) is 4.79 Å². The fraction of sp³-hybridized carbons (Fsp3) is 0.900. The monoisotopic (exact) mass is 199 g/mol. The number of piperidine rings is 1. The highest BCUT2D eigenvalue weighted by molar-refractivity contribution is 5.81. The Morgan fingerprint density at radius 1 is 1.29 bits per heavy atom. The summed E-state index contributed by atoms with van der Waals surface area (Å²) in [6.45, 7) is 2.38. The van der Waals surface area contributed by atoms with Crippen LogP contribution in [0.2, 0.25) is 0 Å². The summed E-state index contributed by atoms with van der Waals surface area (Å²) < 4.78 is 0. The first-order valence-corrected chi connectivity index (χ1v) is 5.50. The van der Waals surface area contributed by atoms with Crippen molar-refractivity contribution in [1.29, 1.82) is 0 Å². The van der Waals surface area contributed by atoms with Crippen molar-refractivity contribution in [3.63, 3.8) is 0 Å². The lowest BCUT2D eigenvalue weighted by atomic mass is 10.1. The van der Waals surface area contributed by atoms with Crippen LogP contribution in [0.5, 0.6) is 0 Å². The number of carbonyl (C=O) groups excluding carboxylic acids is 1. The number of hydrogen-bond donors (Lipinski definition) is 2. The molecule has 1 aliphatic rings. The maximum Gasteiger partial charge on any atom is 0.239 e. The molecule has 0 radical (unpaired) electrons. The van der Waals surface area contributed by atoms with Crippen LogP contribution in [0.15, 0.2) is 0 Å². The van der Waals surface area contributed by atoms with E-state index >= 15 is 0 Å². The van der Waals surface area contributed by atoms with E-state index in [-0.39, 0.29) is 11.9 Å². The molecule has 4 N–H and O–H groups in total. The van der Waals surface area contributed by atoms with E-state index in [0.717, 1.165) is 32.4 Å². The van der Waals surface area contributed by atoms with Gasteiger partial charge >= 0.3 is 0 Å². The van der Waals surface area contributed by atoms with Gasteiger partial charge in [-0.3, -0.25) is 4.79 Å². The first-order valence-electron chi connectivity index (χ1n) is 5.50. The van der Waals surface area contributed by atoms with Crippen LogP contribution in [0.4, 0.5) is 0 Å². The van der Waals surface area contributed by atoms with Crippen molar-refractivity contribution >= 4 is 5.91 Å². The van der Waals surface area contributed by atoms with Gasteiger partial charge in [-0.25, -0.2) is 0 Å². The second-order valence-electron chi connectivity index (χ2n) is 3.92. The molecule has 0 saturated carbocycles. The summed E-state index contributed by atoms with van der Waals surface area (Å²) in [7, 11) is 0. The smallest absolute Gasteiger partial charge is 0.239 e. The van der Waals surface area contributed by atoms with Crippen molar-refractivity contribution in [2.45, 2.75) is 38.1 Å². The topological polar surface area (TPSA) is 72.3 Å². The van der Waals surface area contributed by atoms with Crippen LogP contribution in [-0.4, -0.2) is 36.5 Å². The summed E-state index contributed by atoms with van der Waals surface area (Å²) >= 11 is 0. The molecule has 4 heteroatoms. The minimum absolute atomic E-state index is 0.109. The summed E-state index contributed by atoms with van der Waals surface area (Å²) in [5.74, 6) is 0.109. The largest absolute Gasteiger partial charge is 0.341 e. The van der Waals surface area contributed by atoms with Crippen LogP contribution in [0.1, 0.15) is 32.1 Å². The van der Waals surface area contributed by atoms with E-state index in [1.54, 1.807) is 0 Å². The molecule has 1 saturated heterocycles. The lowest BCUT2D eigenvalue weighted by molar-refractivity contribution is -0.133. The SMILES string of the molecule is NCCC[C@H](N)C(=O)N1CCCCC1. The van der Waals surface area contributed by atoms with E-state index < -0.39 is 0 Å². The standard InChI is InChI=1S/C10H21N3O/c11-6-4-5-9(12)10(14)13-7-2-1-3-8-13/h9H,1-8,11-12H2/t9-/m0/s1. The minimum atomic E-state index is -0.336. The summed E-state index contributed by atoms with van der Waals surface area (Å²) in [6.07, 6.45) is 5.03. The first kappa shape index (κ1) is 11.5. The molecule has 0 unspecified atom stereocenters. The predicted molar refractivity (Wildman–Crippen MR) is 56.7 cm³/mol. The average Bonchev–Trinajstić information content (AvgIpc) is 2.26. The van der Waals surface area contributed by atoms with Gasteiger partial charge in [0.1, 0.15) is 0 Å². The Labute approximate surface area is 85.6 Å². The van der Waals surface area contributed by atoms with Crippen molar-refractivity contribution in [1.82, 2.24) is 4.90 Å². The van der Waals surface area contributed by atoms with Crippen LogP contribution in [0.25, 0.3) is 0 Å². The highest BCUT2D eigenvalue weighted by Gasteiger charge is 2.21. The number of nitrogens with two attached hydrogens (primary N) is 2. The third-order valence-electron chi connectivity index (χ3n) is 2.70. The summed E-state index contributed by atoms with van der Waals surface area (Å²) in [6, 6.07) is -0.336. The van der Waals surface area contributed by atoms with Crippen molar-refractivity contribution in [2.75, 3.05) is 19.6 Å². The fourth-order valence-electron chi connectivity index (χ4n) is 1.81. The Morgan fingerprint density at radius 2 is 1.93 bits per heavy atom. The Bertz CT molecular complexity index is 178. The second kappa shape index (κ2) is 5.98. The van der Waals surface area contributed by atoms with Gasteiger partial charge in [-0.05, 0) is 38.6 Å². The van der Waals surface area contributed by atoms with Crippen LogP contribution in [0, 0.1) is 0 Å². The van der Waals surface area contributed by atoms with Gasteiger partial charge in [0.05, 0.1) is 6.04 Å². The van der Waals surface area contributed by atoms with Crippen LogP contribution < -0.4 is 11.5 Å². The normalized spacial score (nSPS) is 19.4. The van der Waals surface area contributed by atoms with Crippen LogP contribution in [0.3, 0.4) is 0 Å². The summed E-state index contributed by atoms with van der Waals surface area (Å²) in [5.41, 5.74) is 11.2. The zero-order chi connectivity index (χ0) is 10.4. The average molecular weight is 199 g/mol. The number of rotatable bonds is 4. The van der Waals surface area contributed by atoms with Crippen molar-refractivity contribution < 1.29 is 4.79 Å². The van der Waals surface area contributed by atoms with Gasteiger partial charge in [0.25, 0.3) is 0 Å². The fourth-order valence-corrected chi connectivity index (χ4v) is 1.81. The van der Waals surface area contributed by atoms with Gasteiger partial charge in [0.15, 0.2) is 0 Å². The molecule has 1 atom stereocenters. The Morgan fingerprint density at radius 3 is 2.50 bits per heavy atom. The highest BCUT2D eigenvalue weighted by Crippen LogP contribution is 2.10. The molecular formula is C10H21N3O. The number of likely N-dealkylation sites (tertiary alicyclic amines) is 1. The molecule has 0 aliphatic carbocycles. The summed E-state index contributed by atoms with van der Waals surface area (Å²) in [5, 5.41) is 0.